The van der Waals surface area contributed by atoms with Crippen LogP contribution in [0.3, 0.4) is 0 Å². The van der Waals surface area contributed by atoms with Gasteiger partial charge in [0.05, 0.1) is 19.0 Å². The van der Waals surface area contributed by atoms with E-state index in [2.05, 4.69) is 10.3 Å². The van der Waals surface area contributed by atoms with Crippen LogP contribution in [0.15, 0.2) is 10.2 Å². The lowest BCUT2D eigenvalue weighted by molar-refractivity contribution is -0.139. The second-order valence-corrected chi connectivity index (χ2v) is 3.94. The Morgan fingerprint density at radius 3 is 2.81 bits per heavy atom. The molecule has 16 heavy (non-hydrogen) atoms. The number of rotatable bonds is 5. The Bertz CT molecular complexity index is 438. The molecule has 1 heterocycles. The maximum absolute atomic E-state index is 11.3. The number of carboxylic acids is 1. The van der Waals surface area contributed by atoms with E-state index in [9.17, 15) is 14.4 Å². The number of carbonyl (C=O) groups excluding carboxylic acids is 1. The summed E-state index contributed by atoms with van der Waals surface area (Å²) in [7, 11) is 0. The monoisotopic (exact) mass is 245 g/mol. The molecule has 0 aromatic carbocycles. The molecule has 1 aromatic rings. The van der Waals surface area contributed by atoms with Gasteiger partial charge in [-0.3, -0.25) is 14.4 Å². The minimum atomic E-state index is -1.13. The van der Waals surface area contributed by atoms with Crippen molar-refractivity contribution in [1.29, 1.82) is 0 Å². The van der Waals surface area contributed by atoms with E-state index in [1.807, 2.05) is 0 Å². The normalized spacial score (nSPS) is 12.1. The van der Waals surface area contributed by atoms with Crippen LogP contribution in [-0.2, 0) is 16.1 Å². The molecule has 0 aliphatic rings. The van der Waals surface area contributed by atoms with Gasteiger partial charge in [0.1, 0.15) is 0 Å². The van der Waals surface area contributed by atoms with Gasteiger partial charge in [0.2, 0.25) is 5.91 Å². The van der Waals surface area contributed by atoms with Crippen LogP contribution in [0, 0.1) is 0 Å². The standard InChI is InChI=1S/C8H11N3O4S/c9-5(1-6(12)13)7(14)10-2-4-3-16-8(15)11-4/h3,5H,1-2,9H2,(H,10,14)(H,11,15)(H,12,13). The van der Waals surface area contributed by atoms with E-state index in [1.165, 1.54) is 0 Å². The van der Waals surface area contributed by atoms with E-state index in [-0.39, 0.29) is 11.4 Å². The van der Waals surface area contributed by atoms with Gasteiger partial charge in [-0.05, 0) is 0 Å². The first-order valence-corrected chi connectivity index (χ1v) is 5.29. The Labute approximate surface area is 94.3 Å². The third-order valence-electron chi connectivity index (χ3n) is 1.76. The number of nitrogens with one attached hydrogen (secondary N) is 2. The predicted molar refractivity (Wildman–Crippen MR) is 57.0 cm³/mol. The molecule has 0 spiro atoms. The molecule has 1 amide bonds. The average molecular weight is 245 g/mol. The van der Waals surface area contributed by atoms with Gasteiger partial charge in [-0.1, -0.05) is 11.3 Å². The second-order valence-electron chi connectivity index (χ2n) is 3.10. The Morgan fingerprint density at radius 2 is 2.31 bits per heavy atom. The Balaban J connectivity index is 2.40. The van der Waals surface area contributed by atoms with Crippen molar-refractivity contribution in [2.75, 3.05) is 0 Å². The van der Waals surface area contributed by atoms with Crippen LogP contribution in [0.5, 0.6) is 0 Å². The SMILES string of the molecule is NC(CC(=O)O)C(=O)NCc1csc(=O)[nH]1. The Hall–Kier alpha value is -1.67. The van der Waals surface area contributed by atoms with Crippen molar-refractivity contribution in [3.05, 3.63) is 20.7 Å². The Kier molecular flexibility index (Phi) is 4.20. The number of hydrogen-bond donors (Lipinski definition) is 4. The number of hydrogen-bond acceptors (Lipinski definition) is 5. The number of carboxylic acid groups (broad SMARTS) is 1. The fourth-order valence-electron chi connectivity index (χ4n) is 0.995. The Morgan fingerprint density at radius 1 is 1.62 bits per heavy atom. The lowest BCUT2D eigenvalue weighted by atomic mass is 10.2. The molecule has 0 saturated heterocycles. The lowest BCUT2D eigenvalue weighted by Gasteiger charge is -2.08. The molecule has 0 aliphatic carbocycles. The van der Waals surface area contributed by atoms with Crippen molar-refractivity contribution in [1.82, 2.24) is 10.3 Å². The zero-order valence-electron chi connectivity index (χ0n) is 8.23. The molecule has 88 valence electrons. The van der Waals surface area contributed by atoms with E-state index in [4.69, 9.17) is 10.8 Å². The number of aliphatic carboxylic acids is 1. The zero-order chi connectivity index (χ0) is 12.1. The molecule has 8 heteroatoms. The van der Waals surface area contributed by atoms with E-state index in [1.54, 1.807) is 5.38 Å². The zero-order valence-corrected chi connectivity index (χ0v) is 9.04. The molecular formula is C8H11N3O4S. The van der Waals surface area contributed by atoms with Gasteiger partial charge < -0.3 is 21.1 Å². The van der Waals surface area contributed by atoms with Gasteiger partial charge in [0.25, 0.3) is 0 Å². The molecule has 0 saturated carbocycles. The minimum absolute atomic E-state index is 0.130. The van der Waals surface area contributed by atoms with Crippen molar-refractivity contribution in [2.24, 2.45) is 5.73 Å². The number of nitrogens with two attached hydrogens (primary N) is 1. The first-order chi connectivity index (χ1) is 7.49. The van der Waals surface area contributed by atoms with Crippen LogP contribution in [-0.4, -0.2) is 28.0 Å². The van der Waals surface area contributed by atoms with Crippen LogP contribution in [0.1, 0.15) is 12.1 Å². The highest BCUT2D eigenvalue weighted by atomic mass is 32.1. The summed E-state index contributed by atoms with van der Waals surface area (Å²) in [5.74, 6) is -1.69. The molecule has 1 rings (SSSR count). The van der Waals surface area contributed by atoms with E-state index < -0.39 is 24.3 Å². The third kappa shape index (κ3) is 3.83. The van der Waals surface area contributed by atoms with Crippen molar-refractivity contribution in [3.8, 4) is 0 Å². The first kappa shape index (κ1) is 12.4. The highest BCUT2D eigenvalue weighted by Gasteiger charge is 2.16. The fourth-order valence-corrected chi connectivity index (χ4v) is 1.58. The van der Waals surface area contributed by atoms with E-state index >= 15 is 0 Å². The quantitative estimate of drug-likeness (QED) is 0.521. The molecule has 1 aromatic heterocycles. The maximum atomic E-state index is 11.3. The molecule has 1 atom stereocenters. The molecule has 0 fully saturated rings. The van der Waals surface area contributed by atoms with Gasteiger partial charge in [0.15, 0.2) is 0 Å². The van der Waals surface area contributed by atoms with E-state index in [0.717, 1.165) is 11.3 Å². The fraction of sp³-hybridized carbons (Fsp3) is 0.375. The summed E-state index contributed by atoms with van der Waals surface area (Å²) in [6.07, 6.45) is -0.425. The molecule has 1 unspecified atom stereocenters. The topological polar surface area (TPSA) is 125 Å². The summed E-state index contributed by atoms with van der Waals surface area (Å²) < 4.78 is 0. The molecule has 7 nitrogen and oxygen atoms in total. The van der Waals surface area contributed by atoms with Gasteiger partial charge in [-0.25, -0.2) is 0 Å². The summed E-state index contributed by atoms with van der Waals surface area (Å²) in [6.45, 7) is 0.130. The summed E-state index contributed by atoms with van der Waals surface area (Å²) >= 11 is 0.987. The predicted octanol–water partition coefficient (Wildman–Crippen LogP) is -1.15. The van der Waals surface area contributed by atoms with Gasteiger partial charge in [0, 0.05) is 11.1 Å². The second kappa shape index (κ2) is 5.42. The summed E-state index contributed by atoms with van der Waals surface area (Å²) in [5.41, 5.74) is 5.89. The van der Waals surface area contributed by atoms with Gasteiger partial charge >= 0.3 is 10.8 Å². The summed E-state index contributed by atoms with van der Waals surface area (Å²) in [6, 6.07) is -1.08. The number of aromatic nitrogens is 1. The molecular weight excluding hydrogens is 234 g/mol. The van der Waals surface area contributed by atoms with Crippen LogP contribution in [0.25, 0.3) is 0 Å². The molecule has 5 N–H and O–H groups in total. The number of aromatic amines is 1. The van der Waals surface area contributed by atoms with Gasteiger partial charge in [-0.2, -0.15) is 0 Å². The number of H-pyrrole nitrogens is 1. The first-order valence-electron chi connectivity index (χ1n) is 4.41. The minimum Gasteiger partial charge on any atom is -0.481 e. The molecule has 0 aliphatic heterocycles. The number of amides is 1. The van der Waals surface area contributed by atoms with Gasteiger partial charge in [-0.15, -0.1) is 0 Å². The van der Waals surface area contributed by atoms with Crippen molar-refractivity contribution >= 4 is 23.2 Å². The van der Waals surface area contributed by atoms with Crippen LogP contribution < -0.4 is 15.9 Å². The summed E-state index contributed by atoms with van der Waals surface area (Å²) in [4.78, 5) is 34.6. The van der Waals surface area contributed by atoms with Crippen LogP contribution >= 0.6 is 11.3 Å². The van der Waals surface area contributed by atoms with Crippen molar-refractivity contribution < 1.29 is 14.7 Å². The molecule has 0 bridgehead atoms. The largest absolute Gasteiger partial charge is 0.481 e. The lowest BCUT2D eigenvalue weighted by Crippen LogP contribution is -2.41. The van der Waals surface area contributed by atoms with Crippen molar-refractivity contribution in [2.45, 2.75) is 19.0 Å². The van der Waals surface area contributed by atoms with Crippen LogP contribution in [0.2, 0.25) is 0 Å². The summed E-state index contributed by atoms with van der Waals surface area (Å²) in [5, 5.41) is 12.4. The average Bonchev–Trinajstić information content (AvgIpc) is 2.59. The highest BCUT2D eigenvalue weighted by molar-refractivity contribution is 7.07. The highest BCUT2D eigenvalue weighted by Crippen LogP contribution is 1.95. The number of thiazole rings is 1. The van der Waals surface area contributed by atoms with E-state index in [0.29, 0.717) is 5.69 Å². The van der Waals surface area contributed by atoms with Crippen molar-refractivity contribution in [3.63, 3.8) is 0 Å². The number of carbonyl (C=O) groups is 2. The third-order valence-corrected chi connectivity index (χ3v) is 2.47. The smallest absolute Gasteiger partial charge is 0.305 e. The molecule has 0 radical (unpaired) electrons. The van der Waals surface area contributed by atoms with Crippen LogP contribution in [0.4, 0.5) is 0 Å². The maximum Gasteiger partial charge on any atom is 0.305 e.